The summed E-state index contributed by atoms with van der Waals surface area (Å²) in [6, 6.07) is 4.73. The Morgan fingerprint density at radius 1 is 1.13 bits per heavy atom. The van der Waals surface area contributed by atoms with E-state index in [1.165, 1.54) is 12.1 Å². The van der Waals surface area contributed by atoms with Crippen molar-refractivity contribution in [3.8, 4) is 0 Å². The molecule has 1 aromatic carbocycles. The van der Waals surface area contributed by atoms with E-state index < -0.39 is 42.4 Å². The molecule has 1 aromatic rings. The van der Waals surface area contributed by atoms with Crippen molar-refractivity contribution in [1.29, 1.82) is 0 Å². The van der Waals surface area contributed by atoms with Crippen LogP contribution in [0, 0.1) is 5.92 Å². The van der Waals surface area contributed by atoms with Gasteiger partial charge < -0.3 is 5.32 Å². The van der Waals surface area contributed by atoms with Crippen molar-refractivity contribution in [2.75, 3.05) is 6.54 Å². The van der Waals surface area contributed by atoms with Crippen molar-refractivity contribution in [2.24, 2.45) is 5.92 Å². The number of hydrogen-bond acceptors (Lipinski definition) is 3. The smallest absolute Gasteiger partial charge is 0.345 e. The van der Waals surface area contributed by atoms with Gasteiger partial charge >= 0.3 is 6.18 Å². The molecule has 0 radical (unpaired) electrons. The summed E-state index contributed by atoms with van der Waals surface area (Å²) in [5, 5.41) is 1.74. The van der Waals surface area contributed by atoms with Gasteiger partial charge in [-0.3, -0.25) is 19.3 Å². The average Bonchev–Trinajstić information content (AvgIpc) is 2.70. The molecule has 1 unspecified atom stereocenters. The molecule has 0 saturated heterocycles. The SMILES string of the molecule is CC(C)C(C(=O)NCC(F)(F)F)N1C(=O)c2ccccc2C1=O. The van der Waals surface area contributed by atoms with Crippen molar-refractivity contribution in [2.45, 2.75) is 26.1 Å². The Hall–Kier alpha value is -2.38. The second kappa shape index (κ2) is 6.02. The number of carbonyl (C=O) groups excluding carboxylic acids is 3. The highest BCUT2D eigenvalue weighted by Crippen LogP contribution is 2.27. The van der Waals surface area contributed by atoms with Crippen LogP contribution in [0.4, 0.5) is 13.2 Å². The molecular formula is C15H15F3N2O3. The number of benzene rings is 1. The van der Waals surface area contributed by atoms with E-state index in [0.717, 1.165) is 4.90 Å². The summed E-state index contributed by atoms with van der Waals surface area (Å²) in [4.78, 5) is 37.6. The van der Waals surface area contributed by atoms with Crippen LogP contribution in [0.1, 0.15) is 34.6 Å². The summed E-state index contributed by atoms with van der Waals surface area (Å²) in [5.74, 6) is -2.89. The number of nitrogens with one attached hydrogen (secondary N) is 1. The monoisotopic (exact) mass is 328 g/mol. The number of alkyl halides is 3. The number of imide groups is 1. The predicted molar refractivity (Wildman–Crippen MR) is 74.6 cm³/mol. The van der Waals surface area contributed by atoms with Crippen molar-refractivity contribution in [3.05, 3.63) is 35.4 Å². The van der Waals surface area contributed by atoms with Crippen LogP contribution in [0.15, 0.2) is 24.3 Å². The van der Waals surface area contributed by atoms with E-state index >= 15 is 0 Å². The quantitative estimate of drug-likeness (QED) is 0.860. The third-order valence-electron chi connectivity index (χ3n) is 3.47. The van der Waals surface area contributed by atoms with Gasteiger partial charge in [0.05, 0.1) is 11.1 Å². The lowest BCUT2D eigenvalue weighted by Crippen LogP contribution is -2.53. The zero-order valence-corrected chi connectivity index (χ0v) is 12.5. The van der Waals surface area contributed by atoms with Gasteiger partial charge in [0.15, 0.2) is 0 Å². The second-order valence-electron chi connectivity index (χ2n) is 5.55. The first-order chi connectivity index (χ1) is 10.6. The highest BCUT2D eigenvalue weighted by Gasteiger charge is 2.44. The molecule has 1 aliphatic heterocycles. The van der Waals surface area contributed by atoms with Gasteiger partial charge in [-0.15, -0.1) is 0 Å². The molecule has 8 heteroatoms. The van der Waals surface area contributed by atoms with Gasteiger partial charge in [-0.25, -0.2) is 0 Å². The number of carbonyl (C=O) groups is 3. The first-order valence-corrected chi connectivity index (χ1v) is 6.95. The lowest BCUT2D eigenvalue weighted by Gasteiger charge is -2.28. The Kier molecular flexibility index (Phi) is 4.44. The summed E-state index contributed by atoms with van der Waals surface area (Å²) in [7, 11) is 0. The summed E-state index contributed by atoms with van der Waals surface area (Å²) >= 11 is 0. The van der Waals surface area contributed by atoms with E-state index in [1.54, 1.807) is 31.3 Å². The minimum Gasteiger partial charge on any atom is -0.345 e. The summed E-state index contributed by atoms with van der Waals surface area (Å²) < 4.78 is 36.8. The molecule has 1 aliphatic rings. The van der Waals surface area contributed by atoms with E-state index in [2.05, 4.69) is 0 Å². The van der Waals surface area contributed by atoms with Crippen LogP contribution in [0.5, 0.6) is 0 Å². The molecule has 1 atom stereocenters. The summed E-state index contributed by atoms with van der Waals surface area (Å²) in [6.45, 7) is 1.60. The third kappa shape index (κ3) is 3.35. The van der Waals surface area contributed by atoms with Crippen LogP contribution >= 0.6 is 0 Å². The Bertz CT molecular complexity index is 621. The molecule has 124 valence electrons. The molecule has 0 spiro atoms. The minimum absolute atomic E-state index is 0.145. The molecule has 5 nitrogen and oxygen atoms in total. The number of hydrogen-bond donors (Lipinski definition) is 1. The molecule has 0 fully saturated rings. The van der Waals surface area contributed by atoms with Crippen LogP contribution in [-0.2, 0) is 4.79 Å². The summed E-state index contributed by atoms with van der Waals surface area (Å²) in [5.41, 5.74) is 0.290. The third-order valence-corrected chi connectivity index (χ3v) is 3.47. The van der Waals surface area contributed by atoms with Gasteiger partial charge in [-0.1, -0.05) is 26.0 Å². The maximum absolute atomic E-state index is 12.4. The van der Waals surface area contributed by atoms with Crippen molar-refractivity contribution in [1.82, 2.24) is 10.2 Å². The Balaban J connectivity index is 2.28. The maximum atomic E-state index is 12.4. The summed E-state index contributed by atoms with van der Waals surface area (Å²) in [6.07, 6.45) is -4.57. The van der Waals surface area contributed by atoms with Crippen molar-refractivity contribution < 1.29 is 27.6 Å². The maximum Gasteiger partial charge on any atom is 0.405 e. The van der Waals surface area contributed by atoms with E-state index in [-0.39, 0.29) is 11.1 Å². The van der Waals surface area contributed by atoms with E-state index in [0.29, 0.717) is 0 Å². The molecule has 23 heavy (non-hydrogen) atoms. The normalized spacial score (nSPS) is 15.8. The standard InChI is InChI=1S/C15H15F3N2O3/c1-8(2)11(12(21)19-7-15(16,17)18)20-13(22)9-5-3-4-6-10(9)14(20)23/h3-6,8,11H,7H2,1-2H3,(H,19,21). The fourth-order valence-electron chi connectivity index (χ4n) is 2.47. The van der Waals surface area contributed by atoms with Crippen molar-refractivity contribution >= 4 is 17.7 Å². The fraction of sp³-hybridized carbons (Fsp3) is 0.400. The number of rotatable bonds is 4. The Labute approximate surface area is 130 Å². The van der Waals surface area contributed by atoms with Crippen LogP contribution in [0.3, 0.4) is 0 Å². The van der Waals surface area contributed by atoms with Gasteiger partial charge in [0.2, 0.25) is 5.91 Å². The molecule has 2 rings (SSSR count). The number of amides is 3. The molecule has 1 heterocycles. The van der Waals surface area contributed by atoms with Gasteiger partial charge in [-0.05, 0) is 18.1 Å². The lowest BCUT2D eigenvalue weighted by molar-refractivity contribution is -0.141. The largest absolute Gasteiger partial charge is 0.405 e. The minimum atomic E-state index is -4.57. The van der Waals surface area contributed by atoms with E-state index in [4.69, 9.17) is 0 Å². The number of halogens is 3. The molecule has 1 N–H and O–H groups in total. The van der Waals surface area contributed by atoms with Gasteiger partial charge in [0.25, 0.3) is 11.8 Å². The van der Waals surface area contributed by atoms with Crippen LogP contribution in [0.25, 0.3) is 0 Å². The predicted octanol–water partition coefficient (Wildman–Crippen LogP) is 1.99. The molecule has 0 saturated carbocycles. The van der Waals surface area contributed by atoms with Gasteiger partial charge in [0, 0.05) is 0 Å². The van der Waals surface area contributed by atoms with E-state index in [1.807, 2.05) is 0 Å². The van der Waals surface area contributed by atoms with E-state index in [9.17, 15) is 27.6 Å². The molecule has 0 bridgehead atoms. The Morgan fingerprint density at radius 2 is 1.61 bits per heavy atom. The molecule has 3 amide bonds. The second-order valence-corrected chi connectivity index (χ2v) is 5.55. The number of fused-ring (bicyclic) bond motifs is 1. The van der Waals surface area contributed by atoms with Crippen LogP contribution < -0.4 is 5.32 Å². The number of nitrogens with zero attached hydrogens (tertiary/aromatic N) is 1. The van der Waals surface area contributed by atoms with Crippen LogP contribution in [-0.4, -0.2) is 41.4 Å². The Morgan fingerprint density at radius 3 is 2.00 bits per heavy atom. The molecular weight excluding hydrogens is 313 g/mol. The highest BCUT2D eigenvalue weighted by atomic mass is 19.4. The topological polar surface area (TPSA) is 66.5 Å². The highest BCUT2D eigenvalue weighted by molar-refractivity contribution is 6.22. The molecule has 0 aliphatic carbocycles. The average molecular weight is 328 g/mol. The van der Waals surface area contributed by atoms with Gasteiger partial charge in [0.1, 0.15) is 12.6 Å². The zero-order valence-electron chi connectivity index (χ0n) is 12.5. The van der Waals surface area contributed by atoms with Crippen LogP contribution in [0.2, 0.25) is 0 Å². The van der Waals surface area contributed by atoms with Gasteiger partial charge in [-0.2, -0.15) is 13.2 Å². The lowest BCUT2D eigenvalue weighted by atomic mass is 10.0. The van der Waals surface area contributed by atoms with Crippen molar-refractivity contribution in [3.63, 3.8) is 0 Å². The zero-order chi connectivity index (χ0) is 17.4. The first-order valence-electron chi connectivity index (χ1n) is 6.95. The fourth-order valence-corrected chi connectivity index (χ4v) is 2.47. The molecule has 0 aromatic heterocycles. The first kappa shape index (κ1) is 17.0.